The molecule has 0 saturated carbocycles. The van der Waals surface area contributed by atoms with Gasteiger partial charge in [0.05, 0.1) is 5.56 Å². The van der Waals surface area contributed by atoms with Crippen LogP contribution in [0.2, 0.25) is 0 Å². The molecule has 1 aromatic carbocycles. The van der Waals surface area contributed by atoms with Crippen molar-refractivity contribution in [2.75, 3.05) is 0 Å². The fourth-order valence-corrected chi connectivity index (χ4v) is 2.54. The number of fused-ring (bicyclic) bond motifs is 1. The van der Waals surface area contributed by atoms with Gasteiger partial charge in [-0.1, -0.05) is 24.4 Å². The number of benzene rings is 1. The van der Waals surface area contributed by atoms with E-state index in [4.69, 9.17) is 12.2 Å². The van der Waals surface area contributed by atoms with E-state index in [1.165, 1.54) is 11.3 Å². The number of aromatic hydroxyl groups is 1. The molecule has 0 atom stereocenters. The second-order valence-corrected chi connectivity index (χ2v) is 4.48. The Morgan fingerprint density at radius 2 is 2.07 bits per heavy atom. The van der Waals surface area contributed by atoms with E-state index in [0.717, 1.165) is 4.70 Å². The van der Waals surface area contributed by atoms with E-state index in [2.05, 4.69) is 0 Å². The van der Waals surface area contributed by atoms with E-state index < -0.39 is 0 Å². The molecule has 2 nitrogen and oxygen atoms in total. The van der Waals surface area contributed by atoms with E-state index in [1.54, 1.807) is 6.07 Å². The second-order valence-electron chi connectivity index (χ2n) is 2.77. The van der Waals surface area contributed by atoms with Gasteiger partial charge in [-0.05, 0) is 12.1 Å². The van der Waals surface area contributed by atoms with Gasteiger partial charge in [0.15, 0.2) is 6.29 Å². The van der Waals surface area contributed by atoms with Crippen LogP contribution in [0.15, 0.2) is 24.3 Å². The normalized spacial score (nSPS) is 10.3. The summed E-state index contributed by atoms with van der Waals surface area (Å²) in [6, 6.07) is 7.31. The van der Waals surface area contributed by atoms with E-state index in [0.29, 0.717) is 15.5 Å². The minimum atomic E-state index is -0.0145. The lowest BCUT2D eigenvalue weighted by Crippen LogP contribution is -1.82. The van der Waals surface area contributed by atoms with Crippen molar-refractivity contribution in [1.82, 2.24) is 0 Å². The molecule has 2 rings (SSSR count). The van der Waals surface area contributed by atoms with Crippen molar-refractivity contribution in [1.29, 1.82) is 0 Å². The first kappa shape index (κ1) is 9.30. The van der Waals surface area contributed by atoms with Crippen LogP contribution in [0.1, 0.15) is 10.4 Å². The smallest absolute Gasteiger partial charge is 0.156 e. The van der Waals surface area contributed by atoms with Gasteiger partial charge in [0.25, 0.3) is 0 Å². The average Bonchev–Trinajstić information content (AvgIpc) is 2.18. The Morgan fingerprint density at radius 1 is 1.36 bits per heavy atom. The molecule has 0 saturated heterocycles. The lowest BCUT2D eigenvalue weighted by Gasteiger charge is -2.01. The molecule has 0 fully saturated rings. The van der Waals surface area contributed by atoms with Gasteiger partial charge in [-0.25, -0.2) is 0 Å². The molecular formula is C10H6O2S2. The molecular weight excluding hydrogens is 216 g/mol. The largest absolute Gasteiger partial charge is 0.506 e. The number of carbonyl (C=O) groups excluding carboxylic acids is 1. The Morgan fingerprint density at radius 3 is 2.79 bits per heavy atom. The van der Waals surface area contributed by atoms with Gasteiger partial charge in [0.2, 0.25) is 0 Å². The van der Waals surface area contributed by atoms with Crippen molar-refractivity contribution in [2.45, 2.75) is 0 Å². The molecule has 2 aromatic rings. The van der Waals surface area contributed by atoms with Crippen LogP contribution in [-0.2, 0) is 0 Å². The molecule has 1 N–H and O–H groups in total. The molecule has 0 aliphatic heterocycles. The molecule has 4 heteroatoms. The van der Waals surface area contributed by atoms with Crippen molar-refractivity contribution >= 4 is 39.9 Å². The van der Waals surface area contributed by atoms with Crippen molar-refractivity contribution in [3.63, 3.8) is 0 Å². The van der Waals surface area contributed by atoms with E-state index in [1.807, 2.05) is 18.2 Å². The molecule has 0 amide bonds. The third-order valence-electron chi connectivity index (χ3n) is 1.94. The molecule has 0 spiro atoms. The van der Waals surface area contributed by atoms with Crippen LogP contribution < -0.4 is 0 Å². The molecule has 14 heavy (non-hydrogen) atoms. The third-order valence-corrected chi connectivity index (χ3v) is 3.39. The van der Waals surface area contributed by atoms with Crippen molar-refractivity contribution in [3.8, 4) is 5.75 Å². The molecule has 0 radical (unpaired) electrons. The average molecular weight is 222 g/mol. The van der Waals surface area contributed by atoms with Crippen LogP contribution in [0.25, 0.3) is 10.1 Å². The fourth-order valence-electron chi connectivity index (χ4n) is 1.25. The predicted octanol–water partition coefficient (Wildman–Crippen LogP) is 3.15. The quantitative estimate of drug-likeness (QED) is 0.595. The summed E-state index contributed by atoms with van der Waals surface area (Å²) < 4.78 is 1.32. The maximum absolute atomic E-state index is 10.7. The number of aldehydes is 1. The highest BCUT2D eigenvalue weighted by atomic mass is 32.1. The number of hydrogen-bond acceptors (Lipinski definition) is 4. The Balaban J connectivity index is 3.00. The first-order chi connectivity index (χ1) is 6.74. The SMILES string of the molecule is O=Cc1c(O)c2ccccc2sc1=S. The minimum absolute atomic E-state index is 0.0145. The van der Waals surface area contributed by atoms with Crippen molar-refractivity contribution in [3.05, 3.63) is 33.7 Å². The van der Waals surface area contributed by atoms with E-state index in [9.17, 15) is 9.90 Å². The molecule has 1 heterocycles. The standard InChI is InChI=1S/C10H6O2S2/c11-5-7-9(12)6-3-1-2-4-8(6)14-10(7)13/h1-5,12H. The summed E-state index contributed by atoms with van der Waals surface area (Å²) in [7, 11) is 0. The topological polar surface area (TPSA) is 37.3 Å². The van der Waals surface area contributed by atoms with Crippen LogP contribution in [0.4, 0.5) is 0 Å². The zero-order valence-corrected chi connectivity index (χ0v) is 8.69. The van der Waals surface area contributed by atoms with Gasteiger partial charge < -0.3 is 5.11 Å². The van der Waals surface area contributed by atoms with Crippen molar-refractivity contribution in [2.24, 2.45) is 0 Å². The van der Waals surface area contributed by atoms with E-state index in [-0.39, 0.29) is 11.3 Å². The first-order valence-electron chi connectivity index (χ1n) is 3.94. The summed E-state index contributed by atoms with van der Waals surface area (Å²) in [6.45, 7) is 0. The molecule has 0 aliphatic carbocycles. The van der Waals surface area contributed by atoms with Gasteiger partial charge in [-0.3, -0.25) is 4.79 Å². The minimum Gasteiger partial charge on any atom is -0.506 e. The Hall–Kier alpha value is -1.26. The highest BCUT2D eigenvalue weighted by Crippen LogP contribution is 2.31. The van der Waals surface area contributed by atoms with Gasteiger partial charge in [0.1, 0.15) is 9.57 Å². The Labute approximate surface area is 89.4 Å². The molecule has 70 valence electrons. The van der Waals surface area contributed by atoms with Crippen LogP contribution >= 0.6 is 23.6 Å². The summed E-state index contributed by atoms with van der Waals surface area (Å²) >= 11 is 6.32. The third kappa shape index (κ3) is 1.32. The van der Waals surface area contributed by atoms with Gasteiger partial charge in [-0.2, -0.15) is 0 Å². The van der Waals surface area contributed by atoms with Crippen molar-refractivity contribution < 1.29 is 9.90 Å². The molecule has 0 unspecified atom stereocenters. The number of hydrogen-bond donors (Lipinski definition) is 1. The lowest BCUT2D eigenvalue weighted by molar-refractivity contribution is 0.112. The molecule has 1 aromatic heterocycles. The molecule has 0 bridgehead atoms. The zero-order valence-electron chi connectivity index (χ0n) is 7.06. The Bertz CT molecular complexity index is 558. The number of rotatable bonds is 1. The van der Waals surface area contributed by atoms with Gasteiger partial charge >= 0.3 is 0 Å². The summed E-state index contributed by atoms with van der Waals surface area (Å²) in [5.74, 6) is -0.0145. The van der Waals surface area contributed by atoms with Gasteiger partial charge in [0, 0.05) is 10.1 Å². The first-order valence-corrected chi connectivity index (χ1v) is 5.16. The Kier molecular flexibility index (Phi) is 2.31. The maximum atomic E-state index is 10.7. The zero-order chi connectivity index (χ0) is 10.1. The van der Waals surface area contributed by atoms with E-state index >= 15 is 0 Å². The highest BCUT2D eigenvalue weighted by Gasteiger charge is 2.07. The number of carbonyl (C=O) groups is 1. The van der Waals surface area contributed by atoms with Crippen LogP contribution in [0, 0.1) is 3.82 Å². The molecule has 0 aliphatic rings. The monoisotopic (exact) mass is 222 g/mol. The fraction of sp³-hybridized carbons (Fsp3) is 0. The van der Waals surface area contributed by atoms with Crippen LogP contribution in [-0.4, -0.2) is 11.4 Å². The summed E-state index contributed by atoms with van der Waals surface area (Å²) in [5, 5.41) is 10.4. The van der Waals surface area contributed by atoms with Crippen LogP contribution in [0.3, 0.4) is 0 Å². The lowest BCUT2D eigenvalue weighted by atomic mass is 10.2. The predicted molar refractivity (Wildman–Crippen MR) is 59.7 cm³/mol. The second kappa shape index (κ2) is 3.48. The highest BCUT2D eigenvalue weighted by molar-refractivity contribution is 7.73. The summed E-state index contributed by atoms with van der Waals surface area (Å²) in [6.07, 6.45) is 0.598. The summed E-state index contributed by atoms with van der Waals surface area (Å²) in [4.78, 5) is 10.7. The maximum Gasteiger partial charge on any atom is 0.156 e. The van der Waals surface area contributed by atoms with Crippen LogP contribution in [0.5, 0.6) is 5.75 Å². The van der Waals surface area contributed by atoms with Gasteiger partial charge in [-0.15, -0.1) is 11.3 Å². The summed E-state index contributed by atoms with van der Waals surface area (Å²) in [5.41, 5.74) is 0.212.